The van der Waals surface area contributed by atoms with Gasteiger partial charge in [-0.25, -0.2) is 0 Å². The van der Waals surface area contributed by atoms with E-state index < -0.39 is 0 Å². The maximum absolute atomic E-state index is 10.8. The molecular weight excluding hydrogens is 301 g/mol. The second kappa shape index (κ2) is 6.24. The summed E-state index contributed by atoms with van der Waals surface area (Å²) in [7, 11) is 1.67. The molecule has 7 heteroatoms. The minimum Gasteiger partial charge on any atom is -1.00 e. The number of rotatable bonds is 0. The Labute approximate surface area is 118 Å². The standard InChI is InChI=1S/C4H3BrClNOS.Ca.ClH/c1-7-4(8)2(5)3(6)9-7;;/h1H3;;1H/q;+2;/p-1. The molecule has 0 unspecified atom stereocenters. The first-order valence-electron chi connectivity index (χ1n) is 2.14. The second-order valence-corrected chi connectivity index (χ2v) is 4.02. The SMILES string of the molecule is Cn1sc(Cl)c(Br)c1=O.[Ca+2].[Cl-]. The first kappa shape index (κ1) is 15.2. The Kier molecular flexibility index (Phi) is 8.64. The fraction of sp³-hybridized carbons (Fsp3) is 0.250. The van der Waals surface area contributed by atoms with E-state index in [1.54, 1.807) is 7.05 Å². The summed E-state index contributed by atoms with van der Waals surface area (Å²) in [6.45, 7) is 0. The molecule has 0 N–H and O–H groups in total. The molecule has 0 saturated carbocycles. The van der Waals surface area contributed by atoms with Gasteiger partial charge < -0.3 is 12.4 Å². The smallest absolute Gasteiger partial charge is 1.00 e. The van der Waals surface area contributed by atoms with Crippen molar-refractivity contribution >= 4 is 76.8 Å². The summed E-state index contributed by atoms with van der Waals surface area (Å²) in [5, 5.41) is 0. The zero-order valence-electron chi connectivity index (χ0n) is 5.60. The fourth-order valence-electron chi connectivity index (χ4n) is 0.424. The fourth-order valence-corrected chi connectivity index (χ4v) is 2.00. The summed E-state index contributed by atoms with van der Waals surface area (Å²) in [4.78, 5) is 10.8. The summed E-state index contributed by atoms with van der Waals surface area (Å²) >= 11 is 9.85. The number of aromatic nitrogens is 1. The van der Waals surface area contributed by atoms with Gasteiger partial charge in [0.1, 0.15) is 8.81 Å². The summed E-state index contributed by atoms with van der Waals surface area (Å²) in [5.74, 6) is 0. The molecule has 2 nitrogen and oxygen atoms in total. The Morgan fingerprint density at radius 3 is 2.18 bits per heavy atom. The molecule has 1 rings (SSSR count). The first-order valence-corrected chi connectivity index (χ1v) is 4.08. The molecule has 0 radical (unpaired) electrons. The van der Waals surface area contributed by atoms with Crippen LogP contribution in [0.25, 0.3) is 0 Å². The Morgan fingerprint density at radius 2 is 2.09 bits per heavy atom. The Balaban J connectivity index is 0. The third kappa shape index (κ3) is 3.55. The minimum atomic E-state index is -0.0787. The normalized spacial score (nSPS) is 8.27. The van der Waals surface area contributed by atoms with Crippen LogP contribution in [0, 0.1) is 0 Å². The van der Waals surface area contributed by atoms with Crippen molar-refractivity contribution in [2.24, 2.45) is 7.05 Å². The first-order chi connectivity index (χ1) is 4.13. The number of hydrogen-bond donors (Lipinski definition) is 0. The van der Waals surface area contributed by atoms with E-state index in [9.17, 15) is 4.79 Å². The third-order valence-electron chi connectivity index (χ3n) is 0.863. The van der Waals surface area contributed by atoms with Gasteiger partial charge in [-0.3, -0.25) is 8.75 Å². The van der Waals surface area contributed by atoms with Gasteiger partial charge in [0.25, 0.3) is 5.56 Å². The van der Waals surface area contributed by atoms with Gasteiger partial charge in [-0.15, -0.1) is 0 Å². The summed E-state index contributed by atoms with van der Waals surface area (Å²) < 4.78 is 2.42. The van der Waals surface area contributed by atoms with Crippen molar-refractivity contribution in [3.63, 3.8) is 0 Å². The maximum Gasteiger partial charge on any atom is 2.00 e. The molecule has 0 saturated heterocycles. The molecule has 11 heavy (non-hydrogen) atoms. The van der Waals surface area contributed by atoms with Crippen molar-refractivity contribution in [3.05, 3.63) is 19.2 Å². The van der Waals surface area contributed by atoms with E-state index in [1.807, 2.05) is 0 Å². The van der Waals surface area contributed by atoms with Crippen LogP contribution in [-0.2, 0) is 7.05 Å². The van der Waals surface area contributed by atoms with Crippen LogP contribution < -0.4 is 18.0 Å². The van der Waals surface area contributed by atoms with Crippen LogP contribution in [0.1, 0.15) is 0 Å². The van der Waals surface area contributed by atoms with Gasteiger partial charge >= 0.3 is 37.7 Å². The molecule has 0 aromatic carbocycles. The van der Waals surface area contributed by atoms with E-state index in [0.29, 0.717) is 8.81 Å². The van der Waals surface area contributed by atoms with Gasteiger partial charge in [-0.05, 0) is 27.5 Å². The molecule has 1 aromatic rings. The van der Waals surface area contributed by atoms with Crippen LogP contribution in [0.5, 0.6) is 0 Å². The van der Waals surface area contributed by atoms with Crippen LogP contribution in [0.4, 0.5) is 0 Å². The van der Waals surface area contributed by atoms with Crippen molar-refractivity contribution in [2.45, 2.75) is 0 Å². The van der Waals surface area contributed by atoms with Gasteiger partial charge in [0, 0.05) is 7.05 Å². The average molecular weight is 304 g/mol. The largest absolute Gasteiger partial charge is 2.00 e. The van der Waals surface area contributed by atoms with Crippen LogP contribution >= 0.6 is 39.1 Å². The Morgan fingerprint density at radius 1 is 1.64 bits per heavy atom. The topological polar surface area (TPSA) is 22.0 Å². The van der Waals surface area contributed by atoms with Gasteiger partial charge in [0.15, 0.2) is 0 Å². The van der Waals surface area contributed by atoms with Crippen molar-refractivity contribution in [1.82, 2.24) is 3.96 Å². The quantitative estimate of drug-likeness (QED) is 0.534. The van der Waals surface area contributed by atoms with E-state index in [1.165, 1.54) is 15.5 Å². The van der Waals surface area contributed by atoms with Crippen LogP contribution in [0.2, 0.25) is 4.34 Å². The summed E-state index contributed by atoms with van der Waals surface area (Å²) in [6.07, 6.45) is 0. The predicted octanol–water partition coefficient (Wildman–Crippen LogP) is -1.51. The van der Waals surface area contributed by atoms with E-state index in [4.69, 9.17) is 11.6 Å². The molecule has 0 amide bonds. The molecule has 1 heterocycles. The molecule has 0 spiro atoms. The monoisotopic (exact) mass is 302 g/mol. The Bertz CT molecular complexity index is 286. The number of aryl methyl sites for hydroxylation is 1. The maximum atomic E-state index is 10.8. The summed E-state index contributed by atoms with van der Waals surface area (Å²) in [5.41, 5.74) is -0.0787. The number of halogens is 3. The number of hydrogen-bond acceptors (Lipinski definition) is 2. The molecule has 0 fully saturated rings. The minimum absolute atomic E-state index is 0. The van der Waals surface area contributed by atoms with Crippen molar-refractivity contribution in [3.8, 4) is 0 Å². The van der Waals surface area contributed by atoms with Crippen LogP contribution in [0.3, 0.4) is 0 Å². The molecular formula is C4H3BrCaCl2NOS+. The molecule has 1 aromatic heterocycles. The van der Waals surface area contributed by atoms with Gasteiger partial charge in [0.2, 0.25) is 0 Å². The van der Waals surface area contributed by atoms with Crippen LogP contribution in [0.15, 0.2) is 9.27 Å². The van der Waals surface area contributed by atoms with Gasteiger partial charge in [-0.1, -0.05) is 11.6 Å². The average Bonchev–Trinajstić information content (AvgIpc) is 1.98. The molecule has 0 aliphatic heterocycles. The molecule has 0 aliphatic carbocycles. The molecule has 0 aliphatic rings. The van der Waals surface area contributed by atoms with E-state index >= 15 is 0 Å². The van der Waals surface area contributed by atoms with Crippen molar-refractivity contribution < 1.29 is 12.4 Å². The van der Waals surface area contributed by atoms with E-state index in [2.05, 4.69) is 15.9 Å². The second-order valence-electron chi connectivity index (χ2n) is 1.48. The van der Waals surface area contributed by atoms with Crippen LogP contribution in [-0.4, -0.2) is 41.7 Å². The molecule has 58 valence electrons. The molecule has 0 atom stereocenters. The van der Waals surface area contributed by atoms with Crippen molar-refractivity contribution in [2.75, 3.05) is 0 Å². The van der Waals surface area contributed by atoms with Crippen molar-refractivity contribution in [1.29, 1.82) is 0 Å². The number of nitrogens with zero attached hydrogens (tertiary/aromatic N) is 1. The third-order valence-corrected chi connectivity index (χ3v) is 3.29. The van der Waals surface area contributed by atoms with E-state index in [0.717, 1.165) is 0 Å². The van der Waals surface area contributed by atoms with E-state index in [-0.39, 0.29) is 55.7 Å². The predicted molar refractivity (Wildman–Crippen MR) is 48.0 cm³/mol. The molecule has 0 bridgehead atoms. The zero-order chi connectivity index (χ0) is 7.02. The summed E-state index contributed by atoms with van der Waals surface area (Å²) in [6, 6.07) is 0. The van der Waals surface area contributed by atoms with Gasteiger partial charge in [0.05, 0.1) is 0 Å². The zero-order valence-corrected chi connectivity index (χ0v) is 11.7. The van der Waals surface area contributed by atoms with Gasteiger partial charge in [-0.2, -0.15) is 0 Å². The Hall–Kier alpha value is 1.75.